The van der Waals surface area contributed by atoms with Gasteiger partial charge in [0.2, 0.25) is 0 Å². The maximum atomic E-state index is 12.7. The normalized spacial score (nSPS) is 18.7. The van der Waals surface area contributed by atoms with Gasteiger partial charge in [-0.15, -0.1) is 0 Å². The first kappa shape index (κ1) is 21.5. The Labute approximate surface area is 176 Å². The van der Waals surface area contributed by atoms with Gasteiger partial charge >= 0.3 is 0 Å². The summed E-state index contributed by atoms with van der Waals surface area (Å²) in [6.45, 7) is 2.81. The van der Waals surface area contributed by atoms with E-state index >= 15 is 0 Å². The summed E-state index contributed by atoms with van der Waals surface area (Å²) < 4.78 is 36.4. The second-order valence-electron chi connectivity index (χ2n) is 6.74. The maximum Gasteiger partial charge on any atom is 0.260 e. The highest BCUT2D eigenvalue weighted by atomic mass is 35.5. The number of carbonyl (C=O) groups excluding carboxylic acids is 1. The molecule has 0 bridgehead atoms. The molecule has 1 fully saturated rings. The van der Waals surface area contributed by atoms with Crippen LogP contribution in [0, 0.1) is 0 Å². The lowest BCUT2D eigenvalue weighted by atomic mass is 10.1. The van der Waals surface area contributed by atoms with E-state index in [0.717, 1.165) is 5.75 Å². The van der Waals surface area contributed by atoms with Crippen molar-refractivity contribution in [3.8, 4) is 11.5 Å². The van der Waals surface area contributed by atoms with Gasteiger partial charge in [-0.1, -0.05) is 29.8 Å². The van der Waals surface area contributed by atoms with Crippen LogP contribution in [0.25, 0.3) is 0 Å². The average molecular weight is 438 g/mol. The Morgan fingerprint density at radius 3 is 2.38 bits per heavy atom. The molecule has 0 aromatic heterocycles. The maximum absolute atomic E-state index is 12.7. The lowest BCUT2D eigenvalue weighted by molar-refractivity contribution is -0.133. The van der Waals surface area contributed by atoms with E-state index in [-0.39, 0.29) is 24.8 Å². The van der Waals surface area contributed by atoms with Gasteiger partial charge < -0.3 is 14.4 Å². The van der Waals surface area contributed by atoms with Gasteiger partial charge in [0.15, 0.2) is 16.4 Å². The van der Waals surface area contributed by atoms with Crippen LogP contribution in [0.1, 0.15) is 24.2 Å². The Balaban J connectivity index is 1.62. The first-order valence-electron chi connectivity index (χ1n) is 9.50. The van der Waals surface area contributed by atoms with Crippen LogP contribution in [0.4, 0.5) is 0 Å². The smallest absolute Gasteiger partial charge is 0.260 e. The third kappa shape index (κ3) is 5.42. The van der Waals surface area contributed by atoms with Crippen molar-refractivity contribution in [3.63, 3.8) is 0 Å². The van der Waals surface area contributed by atoms with Crippen LogP contribution in [0.2, 0.25) is 5.02 Å². The Morgan fingerprint density at radius 1 is 1.07 bits per heavy atom. The highest BCUT2D eigenvalue weighted by Crippen LogP contribution is 2.33. The number of ether oxygens (including phenoxy) is 2. The summed E-state index contributed by atoms with van der Waals surface area (Å²) in [6.07, 6.45) is 0.306. The second kappa shape index (κ2) is 9.50. The van der Waals surface area contributed by atoms with Gasteiger partial charge in [0.05, 0.1) is 17.6 Å². The van der Waals surface area contributed by atoms with E-state index in [0.29, 0.717) is 35.9 Å². The van der Waals surface area contributed by atoms with Crippen LogP contribution in [0.5, 0.6) is 11.5 Å². The predicted molar refractivity (Wildman–Crippen MR) is 112 cm³/mol. The fraction of sp³-hybridized carbons (Fsp3) is 0.381. The fourth-order valence-corrected chi connectivity index (χ4v) is 5.46. The molecule has 1 aliphatic heterocycles. The SMILES string of the molecule is CCOc1ccc(OCC(=O)N2CCC(c3ccccc3Cl)S(=O)(=O)CC2)cc1. The van der Waals surface area contributed by atoms with Crippen LogP contribution >= 0.6 is 11.6 Å². The minimum absolute atomic E-state index is 0.0995. The molecule has 1 unspecified atom stereocenters. The second-order valence-corrected chi connectivity index (χ2v) is 9.45. The number of benzene rings is 2. The molecule has 1 amide bonds. The number of amides is 1. The van der Waals surface area contributed by atoms with Gasteiger partial charge in [-0.25, -0.2) is 8.42 Å². The van der Waals surface area contributed by atoms with E-state index in [1.165, 1.54) is 0 Å². The molecule has 8 heteroatoms. The molecule has 3 rings (SSSR count). The number of hydrogen-bond donors (Lipinski definition) is 0. The Bertz CT molecular complexity index is 946. The van der Waals surface area contributed by atoms with Crippen LogP contribution in [0.3, 0.4) is 0 Å². The zero-order valence-electron chi connectivity index (χ0n) is 16.2. The summed E-state index contributed by atoms with van der Waals surface area (Å²) in [4.78, 5) is 14.1. The molecule has 1 aliphatic rings. The first-order valence-corrected chi connectivity index (χ1v) is 11.6. The topological polar surface area (TPSA) is 72.9 Å². The van der Waals surface area contributed by atoms with Crippen molar-refractivity contribution in [2.24, 2.45) is 0 Å². The standard InChI is InChI=1S/C21H24ClNO5S/c1-2-27-16-7-9-17(10-8-16)28-15-21(24)23-12-11-20(29(25,26)14-13-23)18-5-3-4-6-19(18)22/h3-10,20H,2,11-15H2,1H3. The molecule has 1 heterocycles. The van der Waals surface area contributed by atoms with Crippen molar-refractivity contribution >= 4 is 27.3 Å². The number of nitrogens with zero attached hydrogens (tertiary/aromatic N) is 1. The van der Waals surface area contributed by atoms with Crippen LogP contribution in [-0.4, -0.2) is 51.3 Å². The number of carbonyl (C=O) groups is 1. The lowest BCUT2D eigenvalue weighted by Gasteiger charge is -2.20. The summed E-state index contributed by atoms with van der Waals surface area (Å²) in [5.41, 5.74) is 0.592. The molecular formula is C21H24ClNO5S. The molecule has 2 aromatic carbocycles. The molecule has 0 saturated carbocycles. The molecule has 2 aromatic rings. The quantitative estimate of drug-likeness (QED) is 0.691. The number of hydrogen-bond acceptors (Lipinski definition) is 5. The van der Waals surface area contributed by atoms with E-state index in [1.807, 2.05) is 6.92 Å². The van der Waals surface area contributed by atoms with E-state index in [2.05, 4.69) is 0 Å². The molecule has 1 saturated heterocycles. The van der Waals surface area contributed by atoms with Crippen LogP contribution in [0.15, 0.2) is 48.5 Å². The minimum Gasteiger partial charge on any atom is -0.494 e. The van der Waals surface area contributed by atoms with E-state index in [4.69, 9.17) is 21.1 Å². The molecule has 0 spiro atoms. The largest absolute Gasteiger partial charge is 0.494 e. The van der Waals surface area contributed by atoms with Crippen molar-refractivity contribution in [2.45, 2.75) is 18.6 Å². The number of rotatable bonds is 6. The first-order chi connectivity index (χ1) is 13.9. The van der Waals surface area contributed by atoms with Crippen molar-refractivity contribution in [2.75, 3.05) is 32.1 Å². The summed E-state index contributed by atoms with van der Waals surface area (Å²) >= 11 is 6.21. The lowest BCUT2D eigenvalue weighted by Crippen LogP contribution is -2.37. The molecule has 1 atom stereocenters. The molecular weight excluding hydrogens is 414 g/mol. The van der Waals surface area contributed by atoms with Crippen molar-refractivity contribution in [1.29, 1.82) is 0 Å². The summed E-state index contributed by atoms with van der Waals surface area (Å²) in [5.74, 6) is 0.944. The predicted octanol–water partition coefficient (Wildman–Crippen LogP) is 3.51. The summed E-state index contributed by atoms with van der Waals surface area (Å²) in [5, 5.41) is -0.277. The minimum atomic E-state index is -3.41. The highest BCUT2D eigenvalue weighted by molar-refractivity contribution is 7.91. The van der Waals surface area contributed by atoms with Gasteiger partial charge in [0.1, 0.15) is 11.5 Å². The van der Waals surface area contributed by atoms with E-state index < -0.39 is 15.1 Å². The molecule has 0 aliphatic carbocycles. The Hall–Kier alpha value is -2.25. The zero-order valence-corrected chi connectivity index (χ0v) is 17.8. The van der Waals surface area contributed by atoms with E-state index in [9.17, 15) is 13.2 Å². The highest BCUT2D eigenvalue weighted by Gasteiger charge is 2.33. The zero-order chi connectivity index (χ0) is 20.9. The van der Waals surface area contributed by atoms with Gasteiger partial charge in [0.25, 0.3) is 5.91 Å². The van der Waals surface area contributed by atoms with Gasteiger partial charge in [-0.05, 0) is 49.2 Å². The number of halogens is 1. The average Bonchev–Trinajstić information content (AvgIpc) is 2.86. The third-order valence-electron chi connectivity index (χ3n) is 4.84. The fourth-order valence-electron chi connectivity index (χ4n) is 3.31. The Kier molecular flexibility index (Phi) is 7.03. The van der Waals surface area contributed by atoms with Gasteiger partial charge in [-0.2, -0.15) is 0 Å². The van der Waals surface area contributed by atoms with Crippen molar-refractivity contribution in [1.82, 2.24) is 4.90 Å². The van der Waals surface area contributed by atoms with Crippen LogP contribution < -0.4 is 9.47 Å². The van der Waals surface area contributed by atoms with E-state index in [1.54, 1.807) is 53.4 Å². The monoisotopic (exact) mass is 437 g/mol. The van der Waals surface area contributed by atoms with Gasteiger partial charge in [-0.3, -0.25) is 4.79 Å². The molecule has 29 heavy (non-hydrogen) atoms. The molecule has 0 N–H and O–H groups in total. The molecule has 6 nitrogen and oxygen atoms in total. The number of sulfone groups is 1. The Morgan fingerprint density at radius 2 is 1.72 bits per heavy atom. The van der Waals surface area contributed by atoms with Gasteiger partial charge in [0, 0.05) is 18.1 Å². The summed E-state index contributed by atoms with van der Waals surface area (Å²) in [6, 6.07) is 14.0. The van der Waals surface area contributed by atoms with Crippen LogP contribution in [-0.2, 0) is 14.6 Å². The summed E-state index contributed by atoms with van der Waals surface area (Å²) in [7, 11) is -3.41. The molecule has 156 valence electrons. The van der Waals surface area contributed by atoms with Crippen molar-refractivity contribution in [3.05, 3.63) is 59.1 Å². The molecule has 0 radical (unpaired) electrons. The van der Waals surface area contributed by atoms with Crippen molar-refractivity contribution < 1.29 is 22.7 Å². The third-order valence-corrected chi connectivity index (χ3v) is 7.29.